The molecule has 2 aromatic heterocycles. The van der Waals surface area contributed by atoms with Crippen molar-refractivity contribution >= 4 is 6.09 Å². The third-order valence-corrected chi connectivity index (χ3v) is 5.94. The maximum absolute atomic E-state index is 12.6. The summed E-state index contributed by atoms with van der Waals surface area (Å²) in [6.07, 6.45) is 6.13. The summed E-state index contributed by atoms with van der Waals surface area (Å²) in [5.74, 6) is 0.588. The maximum atomic E-state index is 12.6. The number of piperazine rings is 1. The predicted molar refractivity (Wildman–Crippen MR) is 125 cm³/mol. The highest BCUT2D eigenvalue weighted by molar-refractivity contribution is 5.70. The first-order valence-electron chi connectivity index (χ1n) is 11.3. The number of amides is 1. The van der Waals surface area contributed by atoms with Crippen LogP contribution in [0.2, 0.25) is 0 Å². The molecule has 0 atom stereocenters. The van der Waals surface area contributed by atoms with Gasteiger partial charge in [-0.2, -0.15) is 0 Å². The molecule has 1 aliphatic rings. The first-order valence-corrected chi connectivity index (χ1v) is 11.3. The molecule has 4 rings (SSSR count). The van der Waals surface area contributed by atoms with Gasteiger partial charge in [0, 0.05) is 62.9 Å². The van der Waals surface area contributed by atoms with Crippen LogP contribution in [-0.4, -0.2) is 58.6 Å². The topological polar surface area (TPSA) is 58.6 Å². The molecule has 0 unspecified atom stereocenters. The van der Waals surface area contributed by atoms with E-state index < -0.39 is 0 Å². The zero-order chi connectivity index (χ0) is 22.2. The molecular weight excluding hydrogens is 400 g/mol. The van der Waals surface area contributed by atoms with E-state index in [2.05, 4.69) is 33.9 Å². The predicted octanol–water partition coefficient (Wildman–Crippen LogP) is 3.93. The molecule has 0 spiro atoms. The lowest BCUT2D eigenvalue weighted by atomic mass is 10.1. The van der Waals surface area contributed by atoms with Gasteiger partial charge in [0.2, 0.25) is 0 Å². The number of rotatable bonds is 7. The Kier molecular flexibility index (Phi) is 7.46. The van der Waals surface area contributed by atoms with Crippen molar-refractivity contribution in [1.29, 1.82) is 0 Å². The Bertz CT molecular complexity index is 1000. The van der Waals surface area contributed by atoms with Gasteiger partial charge in [0.05, 0.1) is 0 Å². The summed E-state index contributed by atoms with van der Waals surface area (Å²) >= 11 is 0. The van der Waals surface area contributed by atoms with Gasteiger partial charge in [0.25, 0.3) is 0 Å². The van der Waals surface area contributed by atoms with E-state index in [1.165, 1.54) is 11.1 Å². The molecule has 0 bridgehead atoms. The SMILES string of the molecule is Cc1cccnc1CCc1ccc(OC(=O)N2CCN(CCc3ccccn3)CC2)cc1. The van der Waals surface area contributed by atoms with E-state index in [4.69, 9.17) is 4.74 Å². The number of carbonyl (C=O) groups excluding carboxylic acids is 1. The lowest BCUT2D eigenvalue weighted by molar-refractivity contribution is 0.111. The smallest absolute Gasteiger partial charge is 0.410 e. The van der Waals surface area contributed by atoms with Crippen LogP contribution in [0.1, 0.15) is 22.5 Å². The standard InChI is InChI=1S/C26H30N4O2/c1-21-5-4-15-28-25(21)12-9-22-7-10-24(11-8-22)32-26(31)30-19-17-29(18-20-30)16-13-23-6-2-3-14-27-23/h2-8,10-11,14-15H,9,12-13,16-20H2,1H3. The molecule has 6 heteroatoms. The molecule has 0 N–H and O–H groups in total. The summed E-state index contributed by atoms with van der Waals surface area (Å²) < 4.78 is 5.60. The Balaban J connectivity index is 1.20. The molecule has 1 amide bonds. The Morgan fingerprint density at radius 3 is 2.38 bits per heavy atom. The normalized spacial score (nSPS) is 14.3. The van der Waals surface area contributed by atoms with Crippen LogP contribution in [0.15, 0.2) is 67.0 Å². The summed E-state index contributed by atoms with van der Waals surface area (Å²) in [6, 6.07) is 17.9. The average molecular weight is 431 g/mol. The van der Waals surface area contributed by atoms with E-state index in [9.17, 15) is 4.79 Å². The molecular formula is C26H30N4O2. The second kappa shape index (κ2) is 10.9. The molecule has 3 heterocycles. The van der Waals surface area contributed by atoms with E-state index in [0.717, 1.165) is 50.3 Å². The van der Waals surface area contributed by atoms with Gasteiger partial charge in [-0.05, 0) is 61.2 Å². The summed E-state index contributed by atoms with van der Waals surface area (Å²) in [5.41, 5.74) is 4.65. The molecule has 0 radical (unpaired) electrons. The van der Waals surface area contributed by atoms with Gasteiger partial charge in [0.15, 0.2) is 0 Å². The van der Waals surface area contributed by atoms with Crippen molar-refractivity contribution in [2.45, 2.75) is 26.2 Å². The molecule has 6 nitrogen and oxygen atoms in total. The van der Waals surface area contributed by atoms with E-state index >= 15 is 0 Å². The largest absolute Gasteiger partial charge is 0.415 e. The second-order valence-corrected chi connectivity index (χ2v) is 8.18. The minimum absolute atomic E-state index is 0.272. The van der Waals surface area contributed by atoms with Crippen molar-refractivity contribution in [3.63, 3.8) is 0 Å². The van der Waals surface area contributed by atoms with Gasteiger partial charge in [-0.15, -0.1) is 0 Å². The van der Waals surface area contributed by atoms with Crippen LogP contribution in [-0.2, 0) is 19.3 Å². The van der Waals surface area contributed by atoms with E-state index in [0.29, 0.717) is 18.8 Å². The number of nitrogens with zero attached hydrogens (tertiary/aromatic N) is 4. The molecule has 1 aliphatic heterocycles. The van der Waals surface area contributed by atoms with Crippen molar-refractivity contribution in [1.82, 2.24) is 19.8 Å². The number of carbonyl (C=O) groups is 1. The number of hydrogen-bond acceptors (Lipinski definition) is 5. The van der Waals surface area contributed by atoms with Crippen molar-refractivity contribution < 1.29 is 9.53 Å². The van der Waals surface area contributed by atoms with Crippen LogP contribution in [0, 0.1) is 6.92 Å². The summed E-state index contributed by atoms with van der Waals surface area (Å²) in [5, 5.41) is 0. The number of aryl methyl sites for hydroxylation is 3. The Morgan fingerprint density at radius 1 is 0.875 bits per heavy atom. The quantitative estimate of drug-likeness (QED) is 0.568. The first-order chi connectivity index (χ1) is 15.7. The lowest BCUT2D eigenvalue weighted by Gasteiger charge is -2.33. The zero-order valence-electron chi connectivity index (χ0n) is 18.6. The van der Waals surface area contributed by atoms with Crippen molar-refractivity contribution in [2.75, 3.05) is 32.7 Å². The fourth-order valence-corrected chi connectivity index (χ4v) is 3.91. The fourth-order valence-electron chi connectivity index (χ4n) is 3.91. The summed E-state index contributed by atoms with van der Waals surface area (Å²) in [4.78, 5) is 25.5. The Hall–Kier alpha value is -3.25. The van der Waals surface area contributed by atoms with E-state index in [1.807, 2.05) is 54.9 Å². The number of pyridine rings is 2. The number of ether oxygens (including phenoxy) is 1. The third-order valence-electron chi connectivity index (χ3n) is 5.94. The van der Waals surface area contributed by atoms with Gasteiger partial charge < -0.3 is 9.64 Å². The van der Waals surface area contributed by atoms with Crippen molar-refractivity contribution in [3.05, 3.63) is 89.5 Å². The highest BCUT2D eigenvalue weighted by Gasteiger charge is 2.22. The number of benzene rings is 1. The van der Waals surface area contributed by atoms with E-state index in [-0.39, 0.29) is 6.09 Å². The fraction of sp³-hybridized carbons (Fsp3) is 0.346. The molecule has 166 valence electrons. The molecule has 3 aromatic rings. The van der Waals surface area contributed by atoms with Crippen molar-refractivity contribution in [3.8, 4) is 5.75 Å². The zero-order valence-corrected chi connectivity index (χ0v) is 18.6. The van der Waals surface area contributed by atoms with Crippen LogP contribution in [0.4, 0.5) is 4.79 Å². The molecule has 0 saturated carbocycles. The van der Waals surface area contributed by atoms with Crippen LogP contribution >= 0.6 is 0 Å². The molecule has 1 aromatic carbocycles. The Morgan fingerprint density at radius 2 is 1.66 bits per heavy atom. The van der Waals surface area contributed by atoms with Gasteiger partial charge >= 0.3 is 6.09 Å². The molecule has 0 aliphatic carbocycles. The van der Waals surface area contributed by atoms with Gasteiger partial charge in [0.1, 0.15) is 5.75 Å². The van der Waals surface area contributed by atoms with Crippen molar-refractivity contribution in [2.24, 2.45) is 0 Å². The first kappa shape index (κ1) is 22.0. The molecule has 1 fully saturated rings. The van der Waals surface area contributed by atoms with Crippen LogP contribution in [0.25, 0.3) is 0 Å². The monoisotopic (exact) mass is 430 g/mol. The molecule has 32 heavy (non-hydrogen) atoms. The Labute approximate surface area is 189 Å². The average Bonchev–Trinajstić information content (AvgIpc) is 2.84. The molecule has 1 saturated heterocycles. The summed E-state index contributed by atoms with van der Waals surface area (Å²) in [7, 11) is 0. The maximum Gasteiger partial charge on any atom is 0.415 e. The summed E-state index contributed by atoms with van der Waals surface area (Å²) in [6.45, 7) is 6.12. The van der Waals surface area contributed by atoms with Crippen LogP contribution in [0.5, 0.6) is 5.75 Å². The minimum Gasteiger partial charge on any atom is -0.410 e. The third kappa shape index (κ3) is 6.14. The number of hydrogen-bond donors (Lipinski definition) is 0. The minimum atomic E-state index is -0.272. The highest BCUT2D eigenvalue weighted by atomic mass is 16.6. The number of aromatic nitrogens is 2. The van der Waals surface area contributed by atoms with Gasteiger partial charge in [-0.25, -0.2) is 4.79 Å². The van der Waals surface area contributed by atoms with Gasteiger partial charge in [-0.3, -0.25) is 14.9 Å². The lowest BCUT2D eigenvalue weighted by Crippen LogP contribution is -2.49. The van der Waals surface area contributed by atoms with E-state index in [1.54, 1.807) is 4.90 Å². The second-order valence-electron chi connectivity index (χ2n) is 8.18. The highest BCUT2D eigenvalue weighted by Crippen LogP contribution is 2.16. The van der Waals surface area contributed by atoms with Crippen LogP contribution in [0.3, 0.4) is 0 Å². The van der Waals surface area contributed by atoms with Gasteiger partial charge in [-0.1, -0.05) is 24.3 Å². The van der Waals surface area contributed by atoms with Crippen LogP contribution < -0.4 is 4.74 Å².